The lowest BCUT2D eigenvalue weighted by molar-refractivity contribution is -0.0773. The number of carbonyl (C=O) groups excluding carboxylic acids is 1. The highest BCUT2D eigenvalue weighted by molar-refractivity contribution is 5.92. The summed E-state index contributed by atoms with van der Waals surface area (Å²) in [7, 11) is 2.80. The van der Waals surface area contributed by atoms with Gasteiger partial charge in [0, 0.05) is 13.1 Å². The molecule has 0 atom stereocenters. The van der Waals surface area contributed by atoms with Gasteiger partial charge in [0.15, 0.2) is 11.2 Å². The zero-order valence-corrected chi connectivity index (χ0v) is 9.47. The van der Waals surface area contributed by atoms with Crippen molar-refractivity contribution in [1.82, 2.24) is 5.06 Å². The fraction of sp³-hybridized carbons (Fsp3) is 0.167. The minimum Gasteiger partial charge on any atom is -0.451 e. The first kappa shape index (κ1) is 11.3. The number of hydrogen-bond donors (Lipinski definition) is 0. The van der Waals surface area contributed by atoms with Gasteiger partial charge in [0.05, 0.1) is 12.5 Å². The van der Waals surface area contributed by atoms with E-state index in [0.29, 0.717) is 11.0 Å². The first-order valence-electron chi connectivity index (χ1n) is 4.98. The standard InChI is InChI=1S/C12H11NO4/c1-13(16-2)12(15)11-7-9(14)8-5-3-4-6-10(8)17-11/h3-7H,1-2H3. The van der Waals surface area contributed by atoms with Crippen molar-refractivity contribution >= 4 is 16.9 Å². The molecule has 0 bridgehead atoms. The molecule has 17 heavy (non-hydrogen) atoms. The van der Waals surface area contributed by atoms with Crippen LogP contribution in [-0.4, -0.2) is 25.1 Å². The molecule has 0 aliphatic heterocycles. The number of para-hydroxylation sites is 1. The molecule has 2 rings (SSSR count). The van der Waals surface area contributed by atoms with Crippen molar-refractivity contribution in [2.24, 2.45) is 0 Å². The van der Waals surface area contributed by atoms with Gasteiger partial charge >= 0.3 is 5.91 Å². The van der Waals surface area contributed by atoms with E-state index in [1.807, 2.05) is 0 Å². The van der Waals surface area contributed by atoms with Gasteiger partial charge in [0.1, 0.15) is 5.58 Å². The Kier molecular flexibility index (Phi) is 2.93. The molecule has 5 heteroatoms. The summed E-state index contributed by atoms with van der Waals surface area (Å²) in [4.78, 5) is 28.2. The molecule has 88 valence electrons. The number of fused-ring (bicyclic) bond motifs is 1. The van der Waals surface area contributed by atoms with Crippen LogP contribution in [0.4, 0.5) is 0 Å². The van der Waals surface area contributed by atoms with E-state index in [0.717, 1.165) is 5.06 Å². The van der Waals surface area contributed by atoms with Crippen molar-refractivity contribution in [1.29, 1.82) is 0 Å². The van der Waals surface area contributed by atoms with Gasteiger partial charge in [-0.05, 0) is 12.1 Å². The summed E-state index contributed by atoms with van der Waals surface area (Å²) in [6.45, 7) is 0. The maximum atomic E-state index is 11.7. The van der Waals surface area contributed by atoms with Crippen LogP contribution in [0.5, 0.6) is 0 Å². The first-order valence-corrected chi connectivity index (χ1v) is 4.98. The Morgan fingerprint density at radius 2 is 2.06 bits per heavy atom. The van der Waals surface area contributed by atoms with E-state index in [9.17, 15) is 9.59 Å². The highest BCUT2D eigenvalue weighted by Gasteiger charge is 2.16. The smallest absolute Gasteiger partial charge is 0.312 e. The number of hydroxylamine groups is 2. The Balaban J connectivity index is 2.58. The molecule has 2 aromatic rings. The van der Waals surface area contributed by atoms with E-state index >= 15 is 0 Å². The van der Waals surface area contributed by atoms with Crippen LogP contribution < -0.4 is 5.43 Å². The van der Waals surface area contributed by atoms with Crippen LogP contribution in [0.2, 0.25) is 0 Å². The minimum absolute atomic E-state index is 0.0435. The third-order valence-electron chi connectivity index (χ3n) is 2.41. The van der Waals surface area contributed by atoms with Gasteiger partial charge < -0.3 is 4.42 Å². The highest BCUT2D eigenvalue weighted by Crippen LogP contribution is 2.12. The summed E-state index contributed by atoms with van der Waals surface area (Å²) in [6.07, 6.45) is 0. The Labute approximate surface area is 97.2 Å². The van der Waals surface area contributed by atoms with E-state index in [1.165, 1.54) is 20.2 Å². The van der Waals surface area contributed by atoms with Crippen LogP contribution in [0.1, 0.15) is 10.6 Å². The zero-order chi connectivity index (χ0) is 12.4. The Hall–Kier alpha value is -2.14. The van der Waals surface area contributed by atoms with Crippen LogP contribution in [0, 0.1) is 0 Å². The molecule has 0 aliphatic rings. The first-order chi connectivity index (χ1) is 8.13. The number of nitrogens with zero attached hydrogens (tertiary/aromatic N) is 1. The molecule has 0 fully saturated rings. The van der Waals surface area contributed by atoms with Gasteiger partial charge in [-0.15, -0.1) is 0 Å². The van der Waals surface area contributed by atoms with Crippen molar-refractivity contribution in [3.63, 3.8) is 0 Å². The summed E-state index contributed by atoms with van der Waals surface area (Å²) in [5, 5.41) is 1.44. The highest BCUT2D eigenvalue weighted by atomic mass is 16.7. The molecule has 1 aromatic heterocycles. The minimum atomic E-state index is -0.504. The lowest BCUT2D eigenvalue weighted by Crippen LogP contribution is -2.26. The average Bonchev–Trinajstić information content (AvgIpc) is 2.37. The van der Waals surface area contributed by atoms with E-state index in [-0.39, 0.29) is 11.2 Å². The largest absolute Gasteiger partial charge is 0.451 e. The van der Waals surface area contributed by atoms with E-state index in [2.05, 4.69) is 0 Å². The quantitative estimate of drug-likeness (QED) is 0.736. The predicted octanol–water partition coefficient (Wildman–Crippen LogP) is 1.43. The van der Waals surface area contributed by atoms with E-state index in [4.69, 9.17) is 9.25 Å². The molecule has 5 nitrogen and oxygen atoms in total. The second kappa shape index (κ2) is 4.39. The van der Waals surface area contributed by atoms with Crippen LogP contribution >= 0.6 is 0 Å². The summed E-state index contributed by atoms with van der Waals surface area (Å²) in [5.74, 6) is -0.548. The summed E-state index contributed by atoms with van der Waals surface area (Å²) >= 11 is 0. The molecule has 0 unspecified atom stereocenters. The maximum absolute atomic E-state index is 11.7. The molecule has 0 saturated heterocycles. The third-order valence-corrected chi connectivity index (χ3v) is 2.41. The molecular formula is C12H11NO4. The SMILES string of the molecule is CON(C)C(=O)c1cc(=O)c2ccccc2o1. The number of amides is 1. The Morgan fingerprint density at radius 1 is 1.35 bits per heavy atom. The second-order valence-corrected chi connectivity index (χ2v) is 3.46. The third kappa shape index (κ3) is 2.05. The van der Waals surface area contributed by atoms with Crippen LogP contribution in [-0.2, 0) is 4.84 Å². The predicted molar refractivity (Wildman–Crippen MR) is 61.6 cm³/mol. The lowest BCUT2D eigenvalue weighted by atomic mass is 10.2. The number of carbonyl (C=O) groups is 1. The van der Waals surface area contributed by atoms with E-state index in [1.54, 1.807) is 24.3 Å². The molecule has 1 heterocycles. The summed E-state index contributed by atoms with van der Waals surface area (Å²) < 4.78 is 5.36. The number of hydrogen-bond acceptors (Lipinski definition) is 4. The van der Waals surface area contributed by atoms with Gasteiger partial charge in [-0.1, -0.05) is 12.1 Å². The molecule has 0 N–H and O–H groups in total. The average molecular weight is 233 g/mol. The Morgan fingerprint density at radius 3 is 2.76 bits per heavy atom. The van der Waals surface area contributed by atoms with Crippen molar-refractivity contribution in [2.45, 2.75) is 0 Å². The van der Waals surface area contributed by atoms with Gasteiger partial charge in [-0.25, -0.2) is 5.06 Å². The van der Waals surface area contributed by atoms with Crippen molar-refractivity contribution in [3.8, 4) is 0 Å². The zero-order valence-electron chi connectivity index (χ0n) is 9.47. The van der Waals surface area contributed by atoms with Crippen molar-refractivity contribution < 1.29 is 14.0 Å². The monoisotopic (exact) mass is 233 g/mol. The van der Waals surface area contributed by atoms with Gasteiger partial charge in [0.25, 0.3) is 0 Å². The second-order valence-electron chi connectivity index (χ2n) is 3.46. The fourth-order valence-corrected chi connectivity index (χ4v) is 1.45. The fourth-order valence-electron chi connectivity index (χ4n) is 1.45. The van der Waals surface area contributed by atoms with Crippen LogP contribution in [0.15, 0.2) is 39.5 Å². The molecule has 1 aromatic carbocycles. The topological polar surface area (TPSA) is 59.8 Å². The molecule has 1 amide bonds. The Bertz CT molecular complexity index is 617. The van der Waals surface area contributed by atoms with E-state index < -0.39 is 5.91 Å². The van der Waals surface area contributed by atoms with Crippen LogP contribution in [0.3, 0.4) is 0 Å². The van der Waals surface area contributed by atoms with Crippen molar-refractivity contribution in [2.75, 3.05) is 14.2 Å². The van der Waals surface area contributed by atoms with Gasteiger partial charge in [-0.3, -0.25) is 14.4 Å². The number of benzene rings is 1. The van der Waals surface area contributed by atoms with Crippen LogP contribution in [0.25, 0.3) is 11.0 Å². The maximum Gasteiger partial charge on any atom is 0.312 e. The van der Waals surface area contributed by atoms with Crippen molar-refractivity contribution in [3.05, 3.63) is 46.3 Å². The molecule has 0 aliphatic carbocycles. The number of rotatable bonds is 2. The molecular weight excluding hydrogens is 222 g/mol. The molecule has 0 radical (unpaired) electrons. The summed E-state index contributed by atoms with van der Waals surface area (Å²) in [6, 6.07) is 7.93. The summed E-state index contributed by atoms with van der Waals surface area (Å²) in [5.41, 5.74) is 0.132. The molecule has 0 spiro atoms. The molecule has 0 saturated carbocycles. The normalized spacial score (nSPS) is 10.5. The van der Waals surface area contributed by atoms with Gasteiger partial charge in [-0.2, -0.15) is 0 Å². The van der Waals surface area contributed by atoms with Gasteiger partial charge in [0.2, 0.25) is 0 Å². The lowest BCUT2D eigenvalue weighted by Gasteiger charge is -2.12.